The van der Waals surface area contributed by atoms with Crippen LogP contribution in [0.4, 0.5) is 0 Å². The van der Waals surface area contributed by atoms with Crippen molar-refractivity contribution < 1.29 is 9.69 Å². The Hall–Kier alpha value is -1.35. The van der Waals surface area contributed by atoms with Crippen LogP contribution in [-0.4, -0.2) is 43.5 Å². The van der Waals surface area contributed by atoms with E-state index in [1.54, 1.807) is 4.90 Å². The second kappa shape index (κ2) is 8.15. The summed E-state index contributed by atoms with van der Waals surface area (Å²) in [4.78, 5) is 16.6. The molecule has 0 bridgehead atoms. The van der Waals surface area contributed by atoms with E-state index >= 15 is 0 Å². The highest BCUT2D eigenvalue weighted by atomic mass is 16.2. The molecule has 0 spiro atoms. The summed E-state index contributed by atoms with van der Waals surface area (Å²) >= 11 is 0. The highest BCUT2D eigenvalue weighted by Gasteiger charge is 2.32. The molecule has 0 unspecified atom stereocenters. The van der Waals surface area contributed by atoms with Crippen LogP contribution in [0.3, 0.4) is 0 Å². The molecule has 2 fully saturated rings. The van der Waals surface area contributed by atoms with Gasteiger partial charge in [-0.25, -0.2) is 0 Å². The second-order valence-electron chi connectivity index (χ2n) is 8.07. The lowest BCUT2D eigenvalue weighted by Gasteiger charge is -2.36. The topological polar surface area (TPSA) is 24.8 Å². The number of likely N-dealkylation sites (tertiary alicyclic amines) is 2. The van der Waals surface area contributed by atoms with Crippen LogP contribution >= 0.6 is 0 Å². The number of nitrogens with zero attached hydrogens (tertiary/aromatic N) is 1. The van der Waals surface area contributed by atoms with E-state index in [2.05, 4.69) is 49.1 Å². The Bertz CT molecular complexity index is 522. The molecule has 2 atom stereocenters. The maximum absolute atomic E-state index is 12.8. The lowest BCUT2D eigenvalue weighted by molar-refractivity contribution is -0.907. The van der Waals surface area contributed by atoms with Gasteiger partial charge in [0.25, 0.3) is 0 Å². The smallest absolute Gasteiger partial charge is 0.226 e. The van der Waals surface area contributed by atoms with Gasteiger partial charge in [0, 0.05) is 37.8 Å². The van der Waals surface area contributed by atoms with Crippen molar-refractivity contribution in [3.63, 3.8) is 0 Å². The Morgan fingerprint density at radius 3 is 2.58 bits per heavy atom. The number of carbonyl (C=O) groups is 1. The number of rotatable bonds is 4. The summed E-state index contributed by atoms with van der Waals surface area (Å²) in [6.07, 6.45) is 4.61. The van der Waals surface area contributed by atoms with Crippen LogP contribution in [0.25, 0.3) is 0 Å². The van der Waals surface area contributed by atoms with Crippen molar-refractivity contribution >= 4 is 5.91 Å². The average Bonchev–Trinajstić information content (AvgIpc) is 2.62. The van der Waals surface area contributed by atoms with Crippen molar-refractivity contribution in [3.8, 4) is 0 Å². The van der Waals surface area contributed by atoms with Crippen LogP contribution in [0.1, 0.15) is 51.0 Å². The summed E-state index contributed by atoms with van der Waals surface area (Å²) in [5.74, 6) is 2.00. The second-order valence-corrected chi connectivity index (χ2v) is 8.07. The van der Waals surface area contributed by atoms with E-state index < -0.39 is 0 Å². The summed E-state index contributed by atoms with van der Waals surface area (Å²) in [5.41, 5.74) is 1.44. The Morgan fingerprint density at radius 2 is 1.92 bits per heavy atom. The number of nitrogens with one attached hydrogen (secondary N) is 1. The minimum Gasteiger partial charge on any atom is -0.342 e. The highest BCUT2D eigenvalue weighted by molar-refractivity contribution is 5.79. The van der Waals surface area contributed by atoms with Gasteiger partial charge in [-0.05, 0) is 24.3 Å². The van der Waals surface area contributed by atoms with Crippen LogP contribution in [0.2, 0.25) is 0 Å². The monoisotopic (exact) mass is 329 g/mol. The average molecular weight is 330 g/mol. The molecule has 132 valence electrons. The van der Waals surface area contributed by atoms with Gasteiger partial charge in [-0.3, -0.25) is 4.79 Å². The lowest BCUT2D eigenvalue weighted by atomic mass is 9.92. The zero-order valence-corrected chi connectivity index (χ0v) is 15.3. The molecule has 2 aliphatic heterocycles. The molecule has 0 radical (unpaired) electrons. The van der Waals surface area contributed by atoms with Crippen molar-refractivity contribution in [2.24, 2.45) is 11.8 Å². The normalized spacial score (nSPS) is 29.2. The molecular weight excluding hydrogens is 296 g/mol. The number of benzene rings is 1. The molecule has 0 aliphatic carbocycles. The molecule has 0 saturated carbocycles. The minimum absolute atomic E-state index is 0.283. The van der Waals surface area contributed by atoms with E-state index in [0.29, 0.717) is 17.7 Å². The molecule has 3 nitrogen and oxygen atoms in total. The first-order valence-corrected chi connectivity index (χ1v) is 9.80. The fourth-order valence-corrected chi connectivity index (χ4v) is 4.46. The van der Waals surface area contributed by atoms with Crippen molar-refractivity contribution in [2.45, 2.75) is 45.4 Å². The van der Waals surface area contributed by atoms with Gasteiger partial charge < -0.3 is 9.80 Å². The number of quaternary nitrogens is 1. The maximum Gasteiger partial charge on any atom is 0.226 e. The molecule has 1 amide bonds. The van der Waals surface area contributed by atoms with Gasteiger partial charge in [-0.1, -0.05) is 44.2 Å². The van der Waals surface area contributed by atoms with Crippen molar-refractivity contribution in [3.05, 3.63) is 35.9 Å². The third kappa shape index (κ3) is 4.38. The zero-order valence-electron chi connectivity index (χ0n) is 15.3. The first-order valence-electron chi connectivity index (χ1n) is 9.80. The van der Waals surface area contributed by atoms with Crippen LogP contribution < -0.4 is 4.90 Å². The minimum atomic E-state index is 0.283. The van der Waals surface area contributed by atoms with E-state index in [-0.39, 0.29) is 5.92 Å². The molecule has 1 aromatic carbocycles. The van der Waals surface area contributed by atoms with Gasteiger partial charge in [-0.15, -0.1) is 0 Å². The summed E-state index contributed by atoms with van der Waals surface area (Å²) in [6.45, 7) is 10.1. The predicted octanol–water partition coefficient (Wildman–Crippen LogP) is 2.34. The van der Waals surface area contributed by atoms with Crippen LogP contribution in [0.5, 0.6) is 0 Å². The number of amides is 1. The number of piperidine rings is 2. The van der Waals surface area contributed by atoms with Crippen LogP contribution in [-0.2, 0) is 4.79 Å². The van der Waals surface area contributed by atoms with Gasteiger partial charge >= 0.3 is 0 Å². The quantitative estimate of drug-likeness (QED) is 0.901. The predicted molar refractivity (Wildman–Crippen MR) is 98.1 cm³/mol. The van der Waals surface area contributed by atoms with Crippen molar-refractivity contribution in [1.29, 1.82) is 0 Å². The van der Waals surface area contributed by atoms with Gasteiger partial charge in [0.15, 0.2) is 0 Å². The molecule has 1 N–H and O–H groups in total. The van der Waals surface area contributed by atoms with Gasteiger partial charge in [0.1, 0.15) is 0 Å². The van der Waals surface area contributed by atoms with E-state index in [1.165, 1.54) is 24.9 Å². The fourth-order valence-electron chi connectivity index (χ4n) is 4.46. The molecule has 2 heterocycles. The molecule has 24 heavy (non-hydrogen) atoms. The van der Waals surface area contributed by atoms with E-state index in [0.717, 1.165) is 39.0 Å². The largest absolute Gasteiger partial charge is 0.342 e. The summed E-state index contributed by atoms with van der Waals surface area (Å²) in [7, 11) is 0. The molecule has 3 rings (SSSR count). The highest BCUT2D eigenvalue weighted by Crippen LogP contribution is 2.21. The number of carbonyl (C=O) groups excluding carboxylic acids is 1. The zero-order chi connectivity index (χ0) is 16.9. The van der Waals surface area contributed by atoms with E-state index in [1.807, 2.05) is 0 Å². The Balaban J connectivity index is 1.46. The summed E-state index contributed by atoms with van der Waals surface area (Å²) in [5, 5.41) is 0. The fraction of sp³-hybridized carbons (Fsp3) is 0.667. The Labute approximate surface area is 147 Å². The first kappa shape index (κ1) is 17.5. The SMILES string of the molecule is C[C@H]1CCCN(C(=O)C2CC[NH+](C[C@@H](C)c3ccccc3)CC2)C1. The molecule has 2 saturated heterocycles. The molecule has 3 heteroatoms. The van der Waals surface area contributed by atoms with Crippen molar-refractivity contribution in [2.75, 3.05) is 32.7 Å². The molecule has 1 aromatic rings. The molecular formula is C21H33N2O+. The van der Waals surface area contributed by atoms with E-state index in [9.17, 15) is 4.79 Å². The van der Waals surface area contributed by atoms with Gasteiger partial charge in [0.2, 0.25) is 5.91 Å². The number of hydrogen-bond donors (Lipinski definition) is 1. The summed E-state index contributed by atoms with van der Waals surface area (Å²) < 4.78 is 0. The third-order valence-corrected chi connectivity index (χ3v) is 5.97. The van der Waals surface area contributed by atoms with Crippen LogP contribution in [0.15, 0.2) is 30.3 Å². The van der Waals surface area contributed by atoms with Gasteiger partial charge in [0.05, 0.1) is 19.6 Å². The first-order chi connectivity index (χ1) is 11.6. The third-order valence-electron chi connectivity index (χ3n) is 5.97. The van der Waals surface area contributed by atoms with Gasteiger partial charge in [-0.2, -0.15) is 0 Å². The Kier molecular flexibility index (Phi) is 5.94. The summed E-state index contributed by atoms with van der Waals surface area (Å²) in [6, 6.07) is 10.8. The molecule has 0 aromatic heterocycles. The number of hydrogen-bond acceptors (Lipinski definition) is 1. The van der Waals surface area contributed by atoms with Crippen molar-refractivity contribution in [1.82, 2.24) is 4.90 Å². The maximum atomic E-state index is 12.8. The molecule has 2 aliphatic rings. The van der Waals surface area contributed by atoms with Crippen LogP contribution in [0, 0.1) is 11.8 Å². The Morgan fingerprint density at radius 1 is 1.21 bits per heavy atom. The van der Waals surface area contributed by atoms with E-state index in [4.69, 9.17) is 0 Å². The standard InChI is InChI=1S/C21H32N2O/c1-17-7-6-12-23(15-17)21(24)20-10-13-22(14-11-20)16-18(2)19-8-4-3-5-9-19/h3-5,8-9,17-18,20H,6-7,10-16H2,1-2H3/p+1/t17-,18+/m0/s1. The lowest BCUT2D eigenvalue weighted by Crippen LogP contribution is -3.13.